The molecule has 1 aromatic rings. The molecule has 0 saturated carbocycles. The van der Waals surface area contributed by atoms with Gasteiger partial charge < -0.3 is 15.4 Å². The van der Waals surface area contributed by atoms with Gasteiger partial charge in [-0.05, 0) is 6.54 Å². The quantitative estimate of drug-likeness (QED) is 0.725. The summed E-state index contributed by atoms with van der Waals surface area (Å²) >= 11 is 1.49. The molecule has 0 saturated heterocycles. The SMILES string of the molecule is COC(=O)CN(C)C(=O)Cc1csc(CCN)n1. The highest BCUT2D eigenvalue weighted by molar-refractivity contribution is 7.09. The van der Waals surface area contributed by atoms with Crippen LogP contribution in [0.1, 0.15) is 10.7 Å². The maximum absolute atomic E-state index is 11.8. The number of rotatable bonds is 6. The summed E-state index contributed by atoms with van der Waals surface area (Å²) in [7, 11) is 2.85. The summed E-state index contributed by atoms with van der Waals surface area (Å²) in [5, 5.41) is 2.77. The molecule has 0 bridgehead atoms. The van der Waals surface area contributed by atoms with Gasteiger partial charge in [0.25, 0.3) is 0 Å². The summed E-state index contributed by atoms with van der Waals surface area (Å²) in [6, 6.07) is 0. The molecule has 1 heterocycles. The molecule has 1 aromatic heterocycles. The Labute approximate surface area is 110 Å². The fourth-order valence-electron chi connectivity index (χ4n) is 1.30. The highest BCUT2D eigenvalue weighted by Crippen LogP contribution is 2.11. The van der Waals surface area contributed by atoms with Gasteiger partial charge in [0.15, 0.2) is 0 Å². The summed E-state index contributed by atoms with van der Waals surface area (Å²) in [6.45, 7) is 0.498. The Bertz CT molecular complexity index is 419. The molecule has 0 aliphatic rings. The largest absolute Gasteiger partial charge is 0.468 e. The van der Waals surface area contributed by atoms with Crippen LogP contribution in [0.5, 0.6) is 0 Å². The summed E-state index contributed by atoms with van der Waals surface area (Å²) in [6.07, 6.45) is 0.908. The third-order valence-electron chi connectivity index (χ3n) is 2.31. The fraction of sp³-hybridized carbons (Fsp3) is 0.545. The number of nitrogens with two attached hydrogens (primary N) is 1. The molecule has 0 unspecified atom stereocenters. The highest BCUT2D eigenvalue weighted by atomic mass is 32.1. The predicted octanol–water partition coefficient (Wildman–Crippen LogP) is -0.182. The molecule has 7 heteroatoms. The average Bonchev–Trinajstić information content (AvgIpc) is 2.76. The van der Waals surface area contributed by atoms with Crippen molar-refractivity contribution < 1.29 is 14.3 Å². The highest BCUT2D eigenvalue weighted by Gasteiger charge is 2.15. The van der Waals surface area contributed by atoms with Gasteiger partial charge >= 0.3 is 5.97 Å². The third-order valence-corrected chi connectivity index (χ3v) is 3.27. The van der Waals surface area contributed by atoms with Gasteiger partial charge in [0.2, 0.25) is 5.91 Å². The zero-order chi connectivity index (χ0) is 13.5. The van der Waals surface area contributed by atoms with E-state index in [-0.39, 0.29) is 18.9 Å². The molecule has 1 rings (SSSR count). The van der Waals surface area contributed by atoms with Crippen LogP contribution in [-0.4, -0.2) is 49.0 Å². The Hall–Kier alpha value is -1.47. The number of thiazole rings is 1. The lowest BCUT2D eigenvalue weighted by atomic mass is 10.3. The van der Waals surface area contributed by atoms with Crippen molar-refractivity contribution in [2.45, 2.75) is 12.8 Å². The van der Waals surface area contributed by atoms with Gasteiger partial charge in [-0.1, -0.05) is 0 Å². The molecule has 0 fully saturated rings. The summed E-state index contributed by atoms with van der Waals surface area (Å²) in [4.78, 5) is 28.4. The number of aromatic nitrogens is 1. The van der Waals surface area contributed by atoms with Crippen molar-refractivity contribution in [1.29, 1.82) is 0 Å². The minimum atomic E-state index is -0.437. The smallest absolute Gasteiger partial charge is 0.325 e. The van der Waals surface area contributed by atoms with Gasteiger partial charge in [0, 0.05) is 18.8 Å². The van der Waals surface area contributed by atoms with Crippen molar-refractivity contribution in [2.24, 2.45) is 5.73 Å². The van der Waals surface area contributed by atoms with Gasteiger partial charge in [-0.3, -0.25) is 9.59 Å². The maximum Gasteiger partial charge on any atom is 0.325 e. The van der Waals surface area contributed by atoms with Crippen LogP contribution in [0.3, 0.4) is 0 Å². The maximum atomic E-state index is 11.8. The van der Waals surface area contributed by atoms with Crippen molar-refractivity contribution in [3.05, 3.63) is 16.1 Å². The van der Waals surface area contributed by atoms with Gasteiger partial charge in [0.1, 0.15) is 6.54 Å². The normalized spacial score (nSPS) is 10.2. The second-order valence-corrected chi connectivity index (χ2v) is 4.72. The Morgan fingerprint density at radius 1 is 1.56 bits per heavy atom. The molecular formula is C11H17N3O3S. The van der Waals surface area contributed by atoms with Crippen LogP contribution in [0.15, 0.2) is 5.38 Å². The molecule has 0 aliphatic heterocycles. The number of amides is 1. The van der Waals surface area contributed by atoms with E-state index in [9.17, 15) is 9.59 Å². The van der Waals surface area contributed by atoms with E-state index in [0.29, 0.717) is 12.2 Å². The minimum absolute atomic E-state index is 0.0465. The number of nitrogens with zero attached hydrogens (tertiary/aromatic N) is 2. The number of hydrogen-bond donors (Lipinski definition) is 1. The second kappa shape index (κ2) is 7.07. The van der Waals surface area contributed by atoms with Crippen molar-refractivity contribution in [3.8, 4) is 0 Å². The first kappa shape index (κ1) is 14.6. The molecule has 2 N–H and O–H groups in total. The molecule has 100 valence electrons. The van der Waals surface area contributed by atoms with Gasteiger partial charge in [-0.25, -0.2) is 4.98 Å². The summed E-state index contributed by atoms with van der Waals surface area (Å²) < 4.78 is 4.50. The molecule has 18 heavy (non-hydrogen) atoms. The monoisotopic (exact) mass is 271 g/mol. The molecule has 0 atom stereocenters. The zero-order valence-corrected chi connectivity index (χ0v) is 11.3. The zero-order valence-electron chi connectivity index (χ0n) is 10.5. The van der Waals surface area contributed by atoms with Gasteiger partial charge in [-0.15, -0.1) is 11.3 Å². The minimum Gasteiger partial charge on any atom is -0.468 e. The summed E-state index contributed by atoms with van der Waals surface area (Å²) in [5.74, 6) is -0.599. The van der Waals surface area contributed by atoms with E-state index in [4.69, 9.17) is 5.73 Å². The van der Waals surface area contributed by atoms with Crippen molar-refractivity contribution in [2.75, 3.05) is 27.2 Å². The van der Waals surface area contributed by atoms with Crippen LogP contribution in [0.25, 0.3) is 0 Å². The lowest BCUT2D eigenvalue weighted by Gasteiger charge is -2.14. The topological polar surface area (TPSA) is 85.5 Å². The number of carbonyl (C=O) groups excluding carboxylic acids is 2. The number of ether oxygens (including phenoxy) is 1. The van der Waals surface area contributed by atoms with E-state index in [2.05, 4.69) is 9.72 Å². The predicted molar refractivity (Wildman–Crippen MR) is 68.2 cm³/mol. The standard InChI is InChI=1S/C11H17N3O3S/c1-14(6-11(16)17-2)10(15)5-8-7-18-9(13-8)3-4-12/h7H,3-6,12H2,1-2H3. The fourth-order valence-corrected chi connectivity index (χ4v) is 2.12. The lowest BCUT2D eigenvalue weighted by Crippen LogP contribution is -2.33. The van der Waals surface area contributed by atoms with Gasteiger partial charge in [-0.2, -0.15) is 0 Å². The number of carbonyl (C=O) groups is 2. The number of likely N-dealkylation sites (N-methyl/N-ethyl adjacent to an activating group) is 1. The van der Waals surface area contributed by atoms with E-state index >= 15 is 0 Å². The average molecular weight is 271 g/mol. The van der Waals surface area contributed by atoms with E-state index in [0.717, 1.165) is 11.4 Å². The molecular weight excluding hydrogens is 254 g/mol. The van der Waals surface area contributed by atoms with Crippen molar-refractivity contribution >= 4 is 23.2 Å². The summed E-state index contributed by atoms with van der Waals surface area (Å²) in [5.41, 5.74) is 6.14. The first-order valence-corrected chi connectivity index (χ1v) is 6.39. The van der Waals surface area contributed by atoms with E-state index in [1.165, 1.54) is 23.3 Å². The van der Waals surface area contributed by atoms with E-state index < -0.39 is 5.97 Å². The first-order chi connectivity index (χ1) is 8.56. The second-order valence-electron chi connectivity index (χ2n) is 3.77. The lowest BCUT2D eigenvalue weighted by molar-refractivity contribution is -0.145. The van der Waals surface area contributed by atoms with Crippen LogP contribution in [-0.2, 0) is 27.2 Å². The number of hydrogen-bond acceptors (Lipinski definition) is 6. The van der Waals surface area contributed by atoms with E-state index in [1.807, 2.05) is 5.38 Å². The Balaban J connectivity index is 2.50. The molecule has 0 radical (unpaired) electrons. The van der Waals surface area contributed by atoms with Crippen LogP contribution in [0.4, 0.5) is 0 Å². The number of esters is 1. The van der Waals surface area contributed by atoms with Crippen molar-refractivity contribution in [1.82, 2.24) is 9.88 Å². The molecule has 0 aromatic carbocycles. The molecule has 1 amide bonds. The van der Waals surface area contributed by atoms with E-state index in [1.54, 1.807) is 7.05 Å². The van der Waals surface area contributed by atoms with Gasteiger partial charge in [0.05, 0.1) is 24.2 Å². The molecule has 0 spiro atoms. The van der Waals surface area contributed by atoms with Crippen LogP contribution >= 0.6 is 11.3 Å². The Kier molecular flexibility index (Phi) is 5.73. The molecule has 0 aliphatic carbocycles. The van der Waals surface area contributed by atoms with Crippen LogP contribution < -0.4 is 5.73 Å². The third kappa shape index (κ3) is 4.42. The van der Waals surface area contributed by atoms with Crippen LogP contribution in [0, 0.1) is 0 Å². The Morgan fingerprint density at radius 2 is 2.28 bits per heavy atom. The number of methoxy groups -OCH3 is 1. The molecule has 6 nitrogen and oxygen atoms in total. The Morgan fingerprint density at radius 3 is 2.89 bits per heavy atom. The van der Waals surface area contributed by atoms with Crippen LogP contribution in [0.2, 0.25) is 0 Å². The van der Waals surface area contributed by atoms with Crippen molar-refractivity contribution in [3.63, 3.8) is 0 Å². The first-order valence-electron chi connectivity index (χ1n) is 5.51.